The Morgan fingerprint density at radius 3 is 2.12 bits per heavy atom. The number of hydrogen-bond acceptors (Lipinski definition) is 4. The summed E-state index contributed by atoms with van der Waals surface area (Å²) in [5.74, 6) is -0.912. The molecule has 0 bridgehead atoms. The van der Waals surface area contributed by atoms with Gasteiger partial charge in [-0.05, 0) is 0 Å². The van der Waals surface area contributed by atoms with Gasteiger partial charge < -0.3 is 0 Å². The Balaban J connectivity index is 0. The molecule has 0 N–H and O–H groups in total. The van der Waals surface area contributed by atoms with E-state index in [4.69, 9.17) is 0 Å². The van der Waals surface area contributed by atoms with Crippen molar-refractivity contribution in [1.29, 1.82) is 0 Å². The van der Waals surface area contributed by atoms with E-state index in [1.165, 1.54) is 0 Å². The second-order valence-electron chi connectivity index (χ2n) is 0.806. The summed E-state index contributed by atoms with van der Waals surface area (Å²) in [6.45, 7) is 0.961. The van der Waals surface area contributed by atoms with E-state index in [1.54, 1.807) is 0 Å². The van der Waals surface area contributed by atoms with E-state index in [1.807, 2.05) is 0 Å². The molecule has 0 rings (SSSR count). The van der Waals surface area contributed by atoms with Crippen molar-refractivity contribution in [3.8, 4) is 0 Å². The molecular weight excluding hydrogens is 275 g/mol. The van der Waals surface area contributed by atoms with Gasteiger partial charge >= 0.3 is 11.1 Å². The molecule has 54 valence electrons. The average molecular weight is 278 g/mol. The summed E-state index contributed by atoms with van der Waals surface area (Å²) in [5.41, 5.74) is 0. The summed E-state index contributed by atoms with van der Waals surface area (Å²) >= 11 is 0. The van der Waals surface area contributed by atoms with Crippen LogP contribution in [0, 0.1) is 57.0 Å². The van der Waals surface area contributed by atoms with Gasteiger partial charge in [0, 0.05) is 53.8 Å². The van der Waals surface area contributed by atoms with Gasteiger partial charge in [-0.15, -0.1) is 10.1 Å². The zero-order valence-electron chi connectivity index (χ0n) is 3.85. The first-order valence-corrected chi connectivity index (χ1v) is 1.46. The van der Waals surface area contributed by atoms with Crippen LogP contribution in [0.2, 0.25) is 0 Å². The molecule has 8 heavy (non-hydrogen) atoms. The van der Waals surface area contributed by atoms with Gasteiger partial charge in [-0.3, -0.25) is 4.79 Å². The van der Waals surface area contributed by atoms with Crippen molar-refractivity contribution in [1.82, 2.24) is 0 Å². The van der Waals surface area contributed by atoms with Gasteiger partial charge in [0.15, 0.2) is 0 Å². The molecule has 0 saturated carbocycles. The number of nitrogens with zero attached hydrogens (tertiary/aromatic N) is 1. The summed E-state index contributed by atoms with van der Waals surface area (Å²) in [5, 5.41) is 8.02. The summed E-state index contributed by atoms with van der Waals surface area (Å²) in [4.78, 5) is 22.1. The average Bonchev–Trinajstić information content (AvgIpc) is 1.27. The minimum absolute atomic E-state index is 0. The Hall–Kier alpha value is 0.389. The fraction of sp³-hybridized carbons (Fsp3) is 0.500. The van der Waals surface area contributed by atoms with E-state index in [9.17, 15) is 14.9 Å². The molecule has 0 spiro atoms. The van der Waals surface area contributed by atoms with Crippen molar-refractivity contribution >= 4 is 5.97 Å². The van der Waals surface area contributed by atoms with Crippen LogP contribution in [0.1, 0.15) is 6.92 Å². The van der Waals surface area contributed by atoms with Crippen LogP contribution in [0.4, 0.5) is 0 Å². The first-order chi connectivity index (χ1) is 3.13. The van der Waals surface area contributed by atoms with Crippen molar-refractivity contribution in [3.63, 3.8) is 0 Å². The molecule has 0 saturated heterocycles. The molecule has 0 heterocycles. The maximum absolute atomic E-state index is 9.59. The van der Waals surface area contributed by atoms with Crippen LogP contribution in [0.15, 0.2) is 0 Å². The zero-order chi connectivity index (χ0) is 5.86. The van der Waals surface area contributed by atoms with Crippen LogP contribution in [0.5, 0.6) is 0 Å². The molecule has 0 aromatic rings. The summed E-state index contributed by atoms with van der Waals surface area (Å²) in [7, 11) is 0. The zero-order valence-corrected chi connectivity index (χ0v) is 5.56. The normalized spacial score (nSPS) is 6.62. The number of rotatable bonds is 1. The molecule has 0 fully saturated rings. The summed E-state index contributed by atoms with van der Waals surface area (Å²) in [6.07, 6.45) is 0. The van der Waals surface area contributed by atoms with E-state index in [2.05, 4.69) is 4.84 Å². The third-order valence-electron chi connectivity index (χ3n) is 0.203. The second kappa shape index (κ2) is 5.52. The van der Waals surface area contributed by atoms with Gasteiger partial charge in [-0.2, -0.15) is 0 Å². The smallest absolute Gasteiger partial charge is 0.269 e. The molecule has 0 amide bonds. The maximum atomic E-state index is 9.59. The minimum Gasteiger partial charge on any atom is -0.269 e. The third-order valence-corrected chi connectivity index (χ3v) is 0.203. The van der Waals surface area contributed by atoms with Crippen LogP contribution in [-0.2, 0) is 9.63 Å². The van der Waals surface area contributed by atoms with Crippen LogP contribution >= 0.6 is 0 Å². The van der Waals surface area contributed by atoms with E-state index in [0.29, 0.717) is 0 Å². The first kappa shape index (κ1) is 11.2. The van der Waals surface area contributed by atoms with Crippen LogP contribution in [0.25, 0.3) is 0 Å². The topological polar surface area (TPSA) is 69.4 Å². The molecule has 0 aromatic carbocycles. The van der Waals surface area contributed by atoms with Gasteiger partial charge in [-0.25, -0.2) is 4.84 Å². The van der Waals surface area contributed by atoms with E-state index in [-0.39, 0.29) is 46.9 Å². The molecule has 0 aliphatic rings. The Morgan fingerprint density at radius 2 is 2.12 bits per heavy atom. The molecule has 0 unspecified atom stereocenters. The summed E-state index contributed by atoms with van der Waals surface area (Å²) in [6, 6.07) is 0. The van der Waals surface area contributed by atoms with Crippen molar-refractivity contribution < 1.29 is 61.6 Å². The monoisotopic (exact) mass is 279 g/mol. The van der Waals surface area contributed by atoms with Gasteiger partial charge in [0.1, 0.15) is 0 Å². The molecule has 0 aliphatic carbocycles. The number of carbonyl (C=O) groups excluding carboxylic acids is 1. The summed E-state index contributed by atoms with van der Waals surface area (Å²) < 4.78 is 0. The predicted molar refractivity (Wildman–Crippen MR) is 18.8 cm³/mol. The largest absolute Gasteiger partial charge is 0.302 e. The quantitative estimate of drug-likeness (QED) is 0.489. The molecule has 0 aliphatic heterocycles. The van der Waals surface area contributed by atoms with Crippen molar-refractivity contribution in [2.45, 2.75) is 6.92 Å². The first-order valence-electron chi connectivity index (χ1n) is 1.46. The number of carbonyl (C=O) groups is 1. The fourth-order valence-electron chi connectivity index (χ4n) is 0.105. The molecule has 0 radical (unpaired) electrons. The Labute approximate surface area is 83.7 Å². The third kappa shape index (κ3) is 9.63. The van der Waals surface area contributed by atoms with Crippen LogP contribution < -0.4 is 0 Å². The molecular formula is C2H3NO4Yb. The van der Waals surface area contributed by atoms with E-state index < -0.39 is 11.1 Å². The van der Waals surface area contributed by atoms with Crippen molar-refractivity contribution in [2.75, 3.05) is 0 Å². The number of hydrogen-bond donors (Lipinski definition) is 0. The molecule has 0 aromatic heterocycles. The predicted octanol–water partition coefficient (Wildman–Crippen LogP) is -0.259. The second-order valence-corrected chi connectivity index (χ2v) is 0.806. The Morgan fingerprint density at radius 1 is 1.75 bits per heavy atom. The van der Waals surface area contributed by atoms with Crippen LogP contribution in [-0.4, -0.2) is 11.1 Å². The Kier molecular flexibility index (Phi) is 7.75. The fourth-order valence-corrected chi connectivity index (χ4v) is 0.105. The van der Waals surface area contributed by atoms with Crippen LogP contribution in [0.3, 0.4) is 0 Å². The Bertz CT molecular complexity index is 90.2. The van der Waals surface area contributed by atoms with E-state index >= 15 is 0 Å². The van der Waals surface area contributed by atoms with Gasteiger partial charge in [0.25, 0.3) is 0 Å². The van der Waals surface area contributed by atoms with Gasteiger partial charge in [-0.1, -0.05) is 0 Å². The van der Waals surface area contributed by atoms with E-state index in [0.717, 1.165) is 6.92 Å². The SMILES string of the molecule is CC(=O)O[N+](=O)[O-].[Yb]. The molecule has 0 atom stereocenters. The standard InChI is InChI=1S/C2H3NO4.Yb/c1-2(4)7-3(5)6;/h1H3;. The van der Waals surface area contributed by atoms with Gasteiger partial charge in [0.2, 0.25) is 0 Å². The maximum Gasteiger partial charge on any atom is 0.302 e. The molecule has 6 heteroatoms. The molecule has 5 nitrogen and oxygen atoms in total. The van der Waals surface area contributed by atoms with Crippen molar-refractivity contribution in [3.05, 3.63) is 10.1 Å². The van der Waals surface area contributed by atoms with Gasteiger partial charge in [0.05, 0.1) is 0 Å². The van der Waals surface area contributed by atoms with Crippen molar-refractivity contribution in [2.24, 2.45) is 0 Å². The minimum atomic E-state index is -1.15.